The van der Waals surface area contributed by atoms with Crippen molar-refractivity contribution in [3.63, 3.8) is 0 Å². The van der Waals surface area contributed by atoms with E-state index in [1.54, 1.807) is 18.2 Å². The first kappa shape index (κ1) is 20.2. The second kappa shape index (κ2) is 8.64. The minimum Gasteiger partial charge on any atom is -0.302 e. The molecular formula is C20H21N3O3S2. The molecule has 1 heterocycles. The van der Waals surface area contributed by atoms with Crippen LogP contribution in [0.3, 0.4) is 0 Å². The Morgan fingerprint density at radius 3 is 2.54 bits per heavy atom. The molecule has 2 N–H and O–H groups in total. The fourth-order valence-electron chi connectivity index (χ4n) is 2.53. The van der Waals surface area contributed by atoms with Crippen molar-refractivity contribution in [2.24, 2.45) is 0 Å². The van der Waals surface area contributed by atoms with E-state index in [-0.39, 0.29) is 23.8 Å². The second-order valence-electron chi connectivity index (χ2n) is 6.35. The highest BCUT2D eigenvalue weighted by Gasteiger charge is 2.14. The van der Waals surface area contributed by atoms with E-state index in [2.05, 4.69) is 28.0 Å². The summed E-state index contributed by atoms with van der Waals surface area (Å²) in [5.41, 5.74) is 4.19. The Morgan fingerprint density at radius 1 is 1.07 bits per heavy atom. The van der Waals surface area contributed by atoms with E-state index < -0.39 is 10.0 Å². The Kier molecular flexibility index (Phi) is 6.23. The van der Waals surface area contributed by atoms with E-state index >= 15 is 0 Å². The standard InChI is InChI=1S/C20H21N3O3S2/c1-14-8-9-16(12-15(14)2)18-13-27-20(22-18)23-19(24)10-11-21-28(25,26)17-6-4-3-5-7-17/h3-9,12-13,21H,10-11H2,1-2H3,(H,22,23,24). The van der Waals surface area contributed by atoms with E-state index in [0.29, 0.717) is 5.13 Å². The largest absolute Gasteiger partial charge is 0.302 e. The number of nitrogens with zero attached hydrogens (tertiary/aromatic N) is 1. The summed E-state index contributed by atoms with van der Waals surface area (Å²) in [5, 5.41) is 5.09. The molecule has 0 bridgehead atoms. The van der Waals surface area contributed by atoms with E-state index in [1.165, 1.54) is 34.6 Å². The van der Waals surface area contributed by atoms with Crippen LogP contribution in [-0.4, -0.2) is 25.9 Å². The van der Waals surface area contributed by atoms with Crippen molar-refractivity contribution in [3.8, 4) is 11.3 Å². The smallest absolute Gasteiger partial charge is 0.240 e. The number of benzene rings is 2. The first-order valence-corrected chi connectivity index (χ1v) is 11.1. The number of thiazole rings is 1. The van der Waals surface area contributed by atoms with Gasteiger partial charge in [-0.2, -0.15) is 0 Å². The zero-order valence-corrected chi connectivity index (χ0v) is 17.2. The molecule has 0 saturated carbocycles. The van der Waals surface area contributed by atoms with Crippen molar-refractivity contribution in [1.82, 2.24) is 9.71 Å². The summed E-state index contributed by atoms with van der Waals surface area (Å²) in [5.74, 6) is -0.295. The lowest BCUT2D eigenvalue weighted by Gasteiger charge is -2.06. The molecule has 0 saturated heterocycles. The van der Waals surface area contributed by atoms with Gasteiger partial charge in [0.25, 0.3) is 0 Å². The monoisotopic (exact) mass is 415 g/mol. The van der Waals surface area contributed by atoms with Gasteiger partial charge in [-0.1, -0.05) is 30.3 Å². The summed E-state index contributed by atoms with van der Waals surface area (Å²) in [6.45, 7) is 4.11. The Morgan fingerprint density at radius 2 is 1.82 bits per heavy atom. The Labute approximate surface area is 168 Å². The lowest BCUT2D eigenvalue weighted by Crippen LogP contribution is -2.27. The van der Waals surface area contributed by atoms with Crippen molar-refractivity contribution >= 4 is 32.4 Å². The molecule has 0 aliphatic rings. The zero-order valence-electron chi connectivity index (χ0n) is 15.6. The fourth-order valence-corrected chi connectivity index (χ4v) is 4.32. The molecule has 0 aliphatic carbocycles. The van der Waals surface area contributed by atoms with Crippen LogP contribution < -0.4 is 10.0 Å². The van der Waals surface area contributed by atoms with Crippen LogP contribution in [0.1, 0.15) is 17.5 Å². The van der Waals surface area contributed by atoms with Gasteiger partial charge in [0.1, 0.15) is 0 Å². The lowest BCUT2D eigenvalue weighted by atomic mass is 10.1. The number of sulfonamides is 1. The van der Waals surface area contributed by atoms with Gasteiger partial charge in [-0.3, -0.25) is 4.79 Å². The molecule has 0 radical (unpaired) electrons. The van der Waals surface area contributed by atoms with E-state index in [1.807, 2.05) is 24.4 Å². The Balaban J connectivity index is 1.54. The number of hydrogen-bond acceptors (Lipinski definition) is 5. The van der Waals surface area contributed by atoms with Crippen LogP contribution in [0.15, 0.2) is 58.8 Å². The molecule has 0 atom stereocenters. The lowest BCUT2D eigenvalue weighted by molar-refractivity contribution is -0.116. The molecule has 0 fully saturated rings. The molecule has 1 aromatic heterocycles. The SMILES string of the molecule is Cc1ccc(-c2csc(NC(=O)CCNS(=O)(=O)c3ccccc3)n2)cc1C. The minimum atomic E-state index is -3.61. The minimum absolute atomic E-state index is 0.0124. The van der Waals surface area contributed by atoms with Crippen molar-refractivity contribution in [2.45, 2.75) is 25.2 Å². The summed E-state index contributed by atoms with van der Waals surface area (Å²) in [7, 11) is -3.61. The average molecular weight is 416 g/mol. The van der Waals surface area contributed by atoms with Crippen molar-refractivity contribution in [3.05, 3.63) is 65.0 Å². The molecule has 3 rings (SSSR count). The summed E-state index contributed by atoms with van der Waals surface area (Å²) in [6, 6.07) is 14.2. The summed E-state index contributed by atoms with van der Waals surface area (Å²) in [6.07, 6.45) is 0.0185. The molecule has 2 aromatic carbocycles. The third-order valence-electron chi connectivity index (χ3n) is 4.25. The molecule has 6 nitrogen and oxygen atoms in total. The predicted molar refractivity (Wildman–Crippen MR) is 112 cm³/mol. The van der Waals surface area contributed by atoms with Gasteiger partial charge in [-0.05, 0) is 43.2 Å². The molecule has 1 amide bonds. The van der Waals surface area contributed by atoms with Gasteiger partial charge in [-0.25, -0.2) is 18.1 Å². The molecule has 8 heteroatoms. The summed E-state index contributed by atoms with van der Waals surface area (Å²) < 4.78 is 26.7. The van der Waals surface area contributed by atoms with E-state index in [0.717, 1.165) is 11.3 Å². The molecule has 146 valence electrons. The fraction of sp³-hybridized carbons (Fsp3) is 0.200. The number of anilines is 1. The summed E-state index contributed by atoms with van der Waals surface area (Å²) >= 11 is 1.34. The number of rotatable bonds is 7. The van der Waals surface area contributed by atoms with E-state index in [4.69, 9.17) is 0 Å². The highest BCUT2D eigenvalue weighted by molar-refractivity contribution is 7.89. The van der Waals surface area contributed by atoms with Crippen molar-refractivity contribution in [2.75, 3.05) is 11.9 Å². The second-order valence-corrected chi connectivity index (χ2v) is 8.97. The molecule has 0 spiro atoms. The molecule has 0 aliphatic heterocycles. The maximum absolute atomic E-state index is 12.1. The summed E-state index contributed by atoms with van der Waals surface area (Å²) in [4.78, 5) is 16.7. The maximum Gasteiger partial charge on any atom is 0.240 e. The van der Waals surface area contributed by atoms with Gasteiger partial charge in [0.2, 0.25) is 15.9 Å². The van der Waals surface area contributed by atoms with Crippen LogP contribution in [0.2, 0.25) is 0 Å². The number of carbonyl (C=O) groups excluding carboxylic acids is 1. The number of hydrogen-bond donors (Lipinski definition) is 2. The highest BCUT2D eigenvalue weighted by atomic mass is 32.2. The number of aryl methyl sites for hydroxylation is 2. The molecule has 28 heavy (non-hydrogen) atoms. The zero-order chi connectivity index (χ0) is 20.1. The van der Waals surface area contributed by atoms with Crippen molar-refractivity contribution < 1.29 is 13.2 Å². The quantitative estimate of drug-likeness (QED) is 0.615. The van der Waals surface area contributed by atoms with Crippen LogP contribution in [0.4, 0.5) is 5.13 Å². The average Bonchev–Trinajstić information content (AvgIpc) is 3.13. The molecule has 0 unspecified atom stereocenters. The highest BCUT2D eigenvalue weighted by Crippen LogP contribution is 2.26. The molecular weight excluding hydrogens is 394 g/mol. The van der Waals surface area contributed by atoms with Gasteiger partial charge in [-0.15, -0.1) is 11.3 Å². The van der Waals surface area contributed by atoms with Crippen molar-refractivity contribution in [1.29, 1.82) is 0 Å². The van der Waals surface area contributed by atoms with Crippen LogP contribution in [0.25, 0.3) is 11.3 Å². The first-order valence-electron chi connectivity index (χ1n) is 8.73. The predicted octanol–water partition coefficient (Wildman–Crippen LogP) is 3.73. The van der Waals surface area contributed by atoms with Gasteiger partial charge in [0, 0.05) is 23.9 Å². The number of amides is 1. The first-order chi connectivity index (χ1) is 13.3. The van der Waals surface area contributed by atoms with Gasteiger partial charge >= 0.3 is 0 Å². The number of aromatic nitrogens is 1. The third kappa shape index (κ3) is 5.03. The molecule has 3 aromatic rings. The third-order valence-corrected chi connectivity index (χ3v) is 6.49. The number of carbonyl (C=O) groups is 1. The van der Waals surface area contributed by atoms with Gasteiger partial charge in [0.05, 0.1) is 10.6 Å². The maximum atomic E-state index is 12.1. The Hall–Kier alpha value is -2.55. The Bertz CT molecular complexity index is 1080. The topological polar surface area (TPSA) is 88.2 Å². The van der Waals surface area contributed by atoms with Gasteiger partial charge < -0.3 is 5.32 Å². The van der Waals surface area contributed by atoms with Crippen LogP contribution in [-0.2, 0) is 14.8 Å². The van der Waals surface area contributed by atoms with Crippen LogP contribution in [0.5, 0.6) is 0 Å². The van der Waals surface area contributed by atoms with Crippen LogP contribution in [0, 0.1) is 13.8 Å². The van der Waals surface area contributed by atoms with E-state index in [9.17, 15) is 13.2 Å². The number of nitrogens with one attached hydrogen (secondary N) is 2. The normalized spacial score (nSPS) is 11.4. The van der Waals surface area contributed by atoms with Gasteiger partial charge in [0.15, 0.2) is 5.13 Å². The van der Waals surface area contributed by atoms with Crippen LogP contribution >= 0.6 is 11.3 Å².